The molecule has 0 aliphatic heterocycles. The first-order chi connectivity index (χ1) is 9.22. The maximum atomic E-state index is 5.96. The fraction of sp³-hybridized carbons (Fsp3) is 0.154. The number of H-pyrrole nitrogens is 1. The van der Waals surface area contributed by atoms with Gasteiger partial charge in [0.2, 0.25) is 0 Å². The minimum Gasteiger partial charge on any atom is -0.333 e. The zero-order valence-electron chi connectivity index (χ0n) is 10.2. The lowest BCUT2D eigenvalue weighted by atomic mass is 10.3. The van der Waals surface area contributed by atoms with Crippen LogP contribution < -0.4 is 0 Å². The SMILES string of the molecule is C[C@H](Sc1nc2ccc(Cl)cc2[nH]1)c1cnccn1. The first-order valence-electron chi connectivity index (χ1n) is 5.80. The number of fused-ring (bicyclic) bond motifs is 1. The summed E-state index contributed by atoms with van der Waals surface area (Å²) in [7, 11) is 0. The number of benzene rings is 1. The van der Waals surface area contributed by atoms with Gasteiger partial charge in [-0.25, -0.2) is 4.98 Å². The Kier molecular flexibility index (Phi) is 3.40. The van der Waals surface area contributed by atoms with Gasteiger partial charge in [-0.15, -0.1) is 0 Å². The van der Waals surface area contributed by atoms with Gasteiger partial charge in [0, 0.05) is 23.6 Å². The maximum Gasteiger partial charge on any atom is 0.167 e. The first kappa shape index (κ1) is 12.4. The van der Waals surface area contributed by atoms with E-state index in [4.69, 9.17) is 11.6 Å². The van der Waals surface area contributed by atoms with E-state index in [2.05, 4.69) is 26.9 Å². The van der Waals surface area contributed by atoms with Crippen LogP contribution in [-0.2, 0) is 0 Å². The molecule has 2 aromatic heterocycles. The highest BCUT2D eigenvalue weighted by molar-refractivity contribution is 7.99. The first-order valence-corrected chi connectivity index (χ1v) is 7.06. The summed E-state index contributed by atoms with van der Waals surface area (Å²) in [5.74, 6) is 0. The van der Waals surface area contributed by atoms with Crippen molar-refractivity contribution in [2.24, 2.45) is 0 Å². The number of hydrogen-bond acceptors (Lipinski definition) is 4. The zero-order valence-corrected chi connectivity index (χ0v) is 11.7. The predicted molar refractivity (Wildman–Crippen MR) is 77.4 cm³/mol. The molecule has 0 spiro atoms. The third-order valence-corrected chi connectivity index (χ3v) is 3.96. The van der Waals surface area contributed by atoms with Crippen LogP contribution in [0.4, 0.5) is 0 Å². The van der Waals surface area contributed by atoms with Crippen LogP contribution in [0.3, 0.4) is 0 Å². The molecule has 0 unspecified atom stereocenters. The highest BCUT2D eigenvalue weighted by atomic mass is 35.5. The number of imidazole rings is 1. The summed E-state index contributed by atoms with van der Waals surface area (Å²) in [6.07, 6.45) is 5.14. The molecule has 0 aliphatic rings. The molecule has 0 saturated carbocycles. The summed E-state index contributed by atoms with van der Waals surface area (Å²) in [6, 6.07) is 5.62. The molecule has 0 fully saturated rings. The van der Waals surface area contributed by atoms with Crippen molar-refractivity contribution in [3.63, 3.8) is 0 Å². The van der Waals surface area contributed by atoms with Gasteiger partial charge in [0.25, 0.3) is 0 Å². The van der Waals surface area contributed by atoms with E-state index in [9.17, 15) is 0 Å². The molecule has 6 heteroatoms. The van der Waals surface area contributed by atoms with E-state index < -0.39 is 0 Å². The Morgan fingerprint density at radius 2 is 2.21 bits per heavy atom. The molecule has 1 aromatic carbocycles. The second-order valence-electron chi connectivity index (χ2n) is 4.09. The number of aromatic amines is 1. The summed E-state index contributed by atoms with van der Waals surface area (Å²) >= 11 is 7.57. The van der Waals surface area contributed by atoms with Crippen LogP contribution in [0.2, 0.25) is 5.02 Å². The Morgan fingerprint density at radius 1 is 1.32 bits per heavy atom. The van der Waals surface area contributed by atoms with Gasteiger partial charge in [-0.3, -0.25) is 9.97 Å². The normalized spacial score (nSPS) is 12.7. The number of rotatable bonds is 3. The third-order valence-electron chi connectivity index (χ3n) is 2.71. The molecular weight excluding hydrogens is 280 g/mol. The molecule has 0 saturated heterocycles. The summed E-state index contributed by atoms with van der Waals surface area (Å²) in [5, 5.41) is 1.75. The van der Waals surface area contributed by atoms with E-state index in [0.29, 0.717) is 5.02 Å². The molecule has 4 nitrogen and oxygen atoms in total. The largest absolute Gasteiger partial charge is 0.333 e. The lowest BCUT2D eigenvalue weighted by molar-refractivity contribution is 0.961. The average molecular weight is 291 g/mol. The molecule has 3 rings (SSSR count). The fourth-order valence-electron chi connectivity index (χ4n) is 1.76. The van der Waals surface area contributed by atoms with Gasteiger partial charge in [0.15, 0.2) is 5.16 Å². The number of halogens is 1. The second kappa shape index (κ2) is 5.19. The topological polar surface area (TPSA) is 54.5 Å². The molecular formula is C13H11ClN4S. The smallest absolute Gasteiger partial charge is 0.167 e. The van der Waals surface area contributed by atoms with Crippen LogP contribution in [-0.4, -0.2) is 19.9 Å². The second-order valence-corrected chi connectivity index (χ2v) is 5.86. The van der Waals surface area contributed by atoms with Crippen LogP contribution in [0.5, 0.6) is 0 Å². The standard InChI is InChI=1S/C13H11ClN4S/c1-8(12-7-15-4-5-16-12)19-13-17-10-3-2-9(14)6-11(10)18-13/h2-8H,1H3,(H,17,18)/t8-/m0/s1. The Morgan fingerprint density at radius 3 is 3.00 bits per heavy atom. The Bertz CT molecular complexity index is 698. The van der Waals surface area contributed by atoms with Gasteiger partial charge in [0.1, 0.15) is 0 Å². The monoisotopic (exact) mass is 290 g/mol. The van der Waals surface area contributed by atoms with Gasteiger partial charge in [0.05, 0.1) is 22.0 Å². The number of hydrogen-bond donors (Lipinski definition) is 1. The lowest BCUT2D eigenvalue weighted by Gasteiger charge is -2.06. The molecule has 0 bridgehead atoms. The van der Waals surface area contributed by atoms with Crippen molar-refractivity contribution in [2.75, 3.05) is 0 Å². The molecule has 0 aliphatic carbocycles. The minimum absolute atomic E-state index is 0.185. The van der Waals surface area contributed by atoms with E-state index in [0.717, 1.165) is 21.9 Å². The summed E-state index contributed by atoms with van der Waals surface area (Å²) in [5.41, 5.74) is 2.80. The quantitative estimate of drug-likeness (QED) is 0.744. The van der Waals surface area contributed by atoms with E-state index in [1.165, 1.54) is 0 Å². The van der Waals surface area contributed by atoms with E-state index >= 15 is 0 Å². The van der Waals surface area contributed by atoms with Crippen LogP contribution in [0, 0.1) is 0 Å². The van der Waals surface area contributed by atoms with Crippen LogP contribution in [0.1, 0.15) is 17.9 Å². The van der Waals surface area contributed by atoms with Gasteiger partial charge >= 0.3 is 0 Å². The Labute approximate surface area is 119 Å². The van der Waals surface area contributed by atoms with Crippen LogP contribution >= 0.6 is 23.4 Å². The molecule has 3 aromatic rings. The van der Waals surface area contributed by atoms with Crippen molar-refractivity contribution in [1.82, 2.24) is 19.9 Å². The van der Waals surface area contributed by atoms with Crippen molar-refractivity contribution < 1.29 is 0 Å². The molecule has 19 heavy (non-hydrogen) atoms. The zero-order chi connectivity index (χ0) is 13.2. The van der Waals surface area contributed by atoms with Gasteiger partial charge in [-0.1, -0.05) is 23.4 Å². The third kappa shape index (κ3) is 2.72. The summed E-state index contributed by atoms with van der Waals surface area (Å²) < 4.78 is 0. The van der Waals surface area contributed by atoms with Crippen molar-refractivity contribution >= 4 is 34.4 Å². The predicted octanol–water partition coefficient (Wildman–Crippen LogP) is 3.86. The van der Waals surface area contributed by atoms with Gasteiger partial charge in [-0.05, 0) is 25.1 Å². The number of thioether (sulfide) groups is 1. The van der Waals surface area contributed by atoms with E-state index in [1.807, 2.05) is 18.2 Å². The average Bonchev–Trinajstić information content (AvgIpc) is 2.81. The van der Waals surface area contributed by atoms with Crippen molar-refractivity contribution in [3.8, 4) is 0 Å². The molecule has 2 heterocycles. The van der Waals surface area contributed by atoms with Gasteiger partial charge < -0.3 is 4.98 Å². The van der Waals surface area contributed by atoms with Gasteiger partial charge in [-0.2, -0.15) is 0 Å². The maximum absolute atomic E-state index is 5.96. The Balaban J connectivity index is 1.85. The lowest BCUT2D eigenvalue weighted by Crippen LogP contribution is -1.93. The summed E-state index contributed by atoms with van der Waals surface area (Å²) in [6.45, 7) is 2.08. The van der Waals surface area contributed by atoms with Crippen LogP contribution in [0.15, 0.2) is 41.9 Å². The highest BCUT2D eigenvalue weighted by Gasteiger charge is 2.12. The van der Waals surface area contributed by atoms with E-state index in [-0.39, 0.29) is 5.25 Å². The van der Waals surface area contributed by atoms with Crippen LogP contribution in [0.25, 0.3) is 11.0 Å². The molecule has 96 valence electrons. The highest BCUT2D eigenvalue weighted by Crippen LogP contribution is 2.32. The van der Waals surface area contributed by atoms with Crippen molar-refractivity contribution in [2.45, 2.75) is 17.3 Å². The van der Waals surface area contributed by atoms with E-state index in [1.54, 1.807) is 30.4 Å². The molecule has 1 N–H and O–H groups in total. The molecule has 0 amide bonds. The molecule has 1 atom stereocenters. The molecule has 0 radical (unpaired) electrons. The van der Waals surface area contributed by atoms with Crippen molar-refractivity contribution in [3.05, 3.63) is 47.5 Å². The van der Waals surface area contributed by atoms with Crippen molar-refractivity contribution in [1.29, 1.82) is 0 Å². The summed E-state index contributed by atoms with van der Waals surface area (Å²) in [4.78, 5) is 16.2. The Hall–Kier alpha value is -1.59. The number of nitrogens with one attached hydrogen (secondary N) is 1. The fourth-order valence-corrected chi connectivity index (χ4v) is 2.83. The minimum atomic E-state index is 0.185. The number of aromatic nitrogens is 4. The number of nitrogens with zero attached hydrogens (tertiary/aromatic N) is 3.